The van der Waals surface area contributed by atoms with E-state index in [1.807, 2.05) is 78.2 Å². The van der Waals surface area contributed by atoms with E-state index in [2.05, 4.69) is 118 Å². The number of piperazine rings is 1. The number of anilines is 5. The van der Waals surface area contributed by atoms with Crippen molar-refractivity contribution in [2.45, 2.75) is 152 Å². The Labute approximate surface area is 463 Å². The van der Waals surface area contributed by atoms with E-state index in [4.69, 9.17) is 14.8 Å². The Morgan fingerprint density at radius 1 is 0.935 bits per heavy atom. The smallest absolute Gasteiger partial charge is 0.227 e. The number of nitrogens with zero attached hydrogens (tertiary/aromatic N) is 7. The molecule has 0 bridgehead atoms. The normalized spacial score (nSPS) is 17.0. The largest absolute Gasteiger partial charge is 0.396 e. The topological polar surface area (TPSA) is 168 Å². The van der Waals surface area contributed by atoms with Crippen LogP contribution in [-0.2, 0) is 38.5 Å². The maximum Gasteiger partial charge on any atom is 0.227 e. The number of carbonyl (C=O) groups is 3. The number of pyridine rings is 1. The predicted octanol–water partition coefficient (Wildman–Crippen LogP) is 10.5. The summed E-state index contributed by atoms with van der Waals surface area (Å²) in [7, 11) is 3.88. The highest BCUT2D eigenvalue weighted by Crippen LogP contribution is 2.45. The number of allylic oxidation sites excluding steroid dienone is 1. The molecule has 2 aromatic carbocycles. The predicted molar refractivity (Wildman–Crippen MR) is 319 cm³/mol. The number of nitrogens with one attached hydrogen (secondary N) is 3. The van der Waals surface area contributed by atoms with E-state index in [0.29, 0.717) is 50.1 Å². The van der Waals surface area contributed by atoms with Crippen LogP contribution in [0.3, 0.4) is 0 Å². The Hall–Kier alpha value is -5.74. The summed E-state index contributed by atoms with van der Waals surface area (Å²) in [6.45, 7) is 34.3. The van der Waals surface area contributed by atoms with Gasteiger partial charge in [-0.15, -0.1) is 0 Å². The number of benzene rings is 2. The molecule has 3 atom stereocenters. The van der Waals surface area contributed by atoms with Crippen molar-refractivity contribution in [2.75, 3.05) is 93.6 Å². The number of likely N-dealkylation sites (N-methyl/N-ethyl adjacent to an activating group) is 1. The fraction of sp³-hybridized carbons (Fsp3) is 0.581. The molecule has 2 amide bonds. The zero-order chi connectivity index (χ0) is 56.7. The van der Waals surface area contributed by atoms with Crippen molar-refractivity contribution >= 4 is 52.9 Å². The molecule has 15 nitrogen and oxygen atoms in total. The number of aliphatic hydroxyl groups excluding tert-OH is 1. The van der Waals surface area contributed by atoms with Gasteiger partial charge in [0, 0.05) is 96.1 Å². The van der Waals surface area contributed by atoms with E-state index in [1.54, 1.807) is 7.05 Å². The van der Waals surface area contributed by atoms with E-state index in [0.717, 1.165) is 128 Å². The van der Waals surface area contributed by atoms with Gasteiger partial charge in [-0.3, -0.25) is 19.5 Å². The molecule has 0 spiro atoms. The molecule has 4 aliphatic rings. The van der Waals surface area contributed by atoms with E-state index in [-0.39, 0.29) is 24.0 Å². The molecule has 2 saturated heterocycles. The zero-order valence-electron chi connectivity index (χ0n) is 49.5. The number of aliphatic hydroxyl groups is 1. The van der Waals surface area contributed by atoms with Gasteiger partial charge in [0.2, 0.25) is 18.3 Å². The monoisotopic (exact) mass is 1060 g/mol. The van der Waals surface area contributed by atoms with Gasteiger partial charge in [-0.25, -0.2) is 9.97 Å². The van der Waals surface area contributed by atoms with Crippen LogP contribution in [0.4, 0.5) is 28.7 Å². The van der Waals surface area contributed by atoms with Gasteiger partial charge in [-0.1, -0.05) is 85.2 Å². The number of hydrogen-bond donors (Lipinski definition) is 4. The molecule has 1 aliphatic carbocycles. The Morgan fingerprint density at radius 3 is 2.30 bits per heavy atom. The molecule has 2 fully saturated rings. The molecule has 2 aromatic heterocycles. The molecule has 424 valence electrons. The molecule has 8 rings (SSSR count). The molecule has 4 N–H and O–H groups in total. The van der Waals surface area contributed by atoms with Gasteiger partial charge in [-0.2, -0.15) is 0 Å². The zero-order valence-corrected chi connectivity index (χ0v) is 49.5. The van der Waals surface area contributed by atoms with Gasteiger partial charge < -0.3 is 45.3 Å². The molecule has 4 aromatic rings. The fourth-order valence-corrected chi connectivity index (χ4v) is 10.1. The van der Waals surface area contributed by atoms with Gasteiger partial charge in [-0.05, 0) is 137 Å². The minimum Gasteiger partial charge on any atom is -0.396 e. The number of rotatable bonds is 18. The first-order chi connectivity index (χ1) is 37.1. The van der Waals surface area contributed by atoms with Crippen LogP contribution in [0.15, 0.2) is 60.9 Å². The number of ether oxygens (including phenoxy) is 1. The number of amides is 2. The molecule has 0 saturated carbocycles. The van der Waals surface area contributed by atoms with Gasteiger partial charge in [0.05, 0.1) is 47.0 Å². The third-order valence-electron chi connectivity index (χ3n) is 14.8. The summed E-state index contributed by atoms with van der Waals surface area (Å²) in [6.07, 6.45) is 13.4. The summed E-state index contributed by atoms with van der Waals surface area (Å²) >= 11 is 0. The molecule has 3 aliphatic heterocycles. The second kappa shape index (κ2) is 32.2. The standard InChI is InChI=1S/C25H36N4O2.C23H26N6O2.C10H22O.2C2H6/c1-18-9-10-20(22(7-5-15-30)25(31)26-2)21-6-4-8-23(24(18)21)29-16-19(17-29)28-13-11-27(3)12-14-28;1-15-21(12-24-16(2)22(15)26-14-31)29-8-6-18-11-25-23(28-20(18)13-29)27-19-5-3-4-17(10-19)7-9-30;1-6-9(2)7-8-11-10(3,4)5;2*1-2/h4,6,8,10,15,18-19,22H,5,7,9,11-14,16-17H2,1-3H3,(H,26,31);3-5,10-12,14,30H,6-9,13H2,1-2H3,(H,26,31)(H,25,27,28);9H,6-8H2,1-5H3;2*1-2H3. The first-order valence-electron chi connectivity index (χ1n) is 28.6. The second-order valence-electron chi connectivity index (χ2n) is 21.2. The van der Waals surface area contributed by atoms with Gasteiger partial charge in [0.25, 0.3) is 0 Å². The third kappa shape index (κ3) is 18.4. The van der Waals surface area contributed by atoms with E-state index in [1.165, 1.54) is 29.7 Å². The lowest BCUT2D eigenvalue weighted by Gasteiger charge is -2.50. The minimum absolute atomic E-state index is 0.00177. The molecule has 15 heteroatoms. The van der Waals surface area contributed by atoms with Gasteiger partial charge in [0.1, 0.15) is 6.29 Å². The maximum atomic E-state index is 12.6. The number of hydrogen-bond acceptors (Lipinski definition) is 13. The van der Waals surface area contributed by atoms with E-state index >= 15 is 0 Å². The van der Waals surface area contributed by atoms with Crippen molar-refractivity contribution in [1.29, 1.82) is 0 Å². The lowest BCUT2D eigenvalue weighted by molar-refractivity contribution is -0.123. The highest BCUT2D eigenvalue weighted by atomic mass is 16.5. The number of fused-ring (bicyclic) bond motifs is 2. The summed E-state index contributed by atoms with van der Waals surface area (Å²) in [4.78, 5) is 58.1. The average Bonchev–Trinajstić information content (AvgIpc) is 3.41. The number of carbonyl (C=O) groups excluding carboxylic acids is 3. The van der Waals surface area contributed by atoms with Crippen molar-refractivity contribution in [1.82, 2.24) is 30.1 Å². The highest BCUT2D eigenvalue weighted by molar-refractivity contribution is 5.94. The molecule has 0 radical (unpaired) electrons. The first kappa shape index (κ1) is 63.8. The molecular formula is C62H96N10O5. The van der Waals surface area contributed by atoms with Crippen LogP contribution in [0.2, 0.25) is 0 Å². The molecule has 5 heterocycles. The van der Waals surface area contributed by atoms with E-state index in [9.17, 15) is 14.4 Å². The lowest BCUT2D eigenvalue weighted by atomic mass is 9.76. The summed E-state index contributed by atoms with van der Waals surface area (Å²) < 4.78 is 5.60. The Balaban J connectivity index is 0.000000265. The van der Waals surface area contributed by atoms with Crippen LogP contribution in [0, 0.1) is 25.7 Å². The maximum absolute atomic E-state index is 12.6. The van der Waals surface area contributed by atoms with Gasteiger partial charge in [0.15, 0.2) is 0 Å². The van der Waals surface area contributed by atoms with Crippen LogP contribution in [0.1, 0.15) is 146 Å². The SMILES string of the molecule is CC.CC.CCC(C)CCOC(C)(C)C.CNC(=O)C(CCC=O)C1=CCC(C)c2c1cccc2N1CC(N2CCN(C)CC2)C1.Cc1ncc(N2CCc3cnc(Nc4cccc(CCO)c4)nc3C2)c(C)c1NC=O. The summed E-state index contributed by atoms with van der Waals surface area (Å²) in [6, 6.07) is 15.1. The number of aldehydes is 1. The first-order valence-corrected chi connectivity index (χ1v) is 28.6. The van der Waals surface area contributed by atoms with E-state index < -0.39 is 0 Å². The van der Waals surface area contributed by atoms with Crippen molar-refractivity contribution in [3.05, 3.63) is 100 Å². The third-order valence-corrected chi connectivity index (χ3v) is 14.8. The van der Waals surface area contributed by atoms with Crippen LogP contribution >= 0.6 is 0 Å². The quantitative estimate of drug-likeness (QED) is 0.0696. The summed E-state index contributed by atoms with van der Waals surface area (Å²) in [5.74, 6) is 1.50. The Morgan fingerprint density at radius 2 is 1.65 bits per heavy atom. The number of aromatic nitrogens is 3. The Bertz CT molecular complexity index is 2480. The van der Waals surface area contributed by atoms with Crippen molar-refractivity contribution in [3.63, 3.8) is 0 Å². The van der Waals surface area contributed by atoms with Crippen LogP contribution in [0.5, 0.6) is 0 Å². The minimum atomic E-state index is -0.272. The van der Waals surface area contributed by atoms with Crippen LogP contribution in [0.25, 0.3) is 5.57 Å². The molecule has 3 unspecified atom stereocenters. The highest BCUT2D eigenvalue weighted by Gasteiger charge is 2.37. The second-order valence-corrected chi connectivity index (χ2v) is 21.2. The lowest BCUT2D eigenvalue weighted by Crippen LogP contribution is -2.63. The number of aryl methyl sites for hydroxylation is 1. The van der Waals surface area contributed by atoms with Gasteiger partial charge >= 0.3 is 0 Å². The summed E-state index contributed by atoms with van der Waals surface area (Å²) in [5, 5.41) is 18.0. The van der Waals surface area contributed by atoms with Crippen LogP contribution in [-0.4, -0.2) is 133 Å². The van der Waals surface area contributed by atoms with Crippen molar-refractivity contribution in [3.8, 4) is 0 Å². The summed E-state index contributed by atoms with van der Waals surface area (Å²) in [5.41, 5.74) is 12.6. The average molecular weight is 1060 g/mol. The molecule has 77 heavy (non-hydrogen) atoms. The fourth-order valence-electron chi connectivity index (χ4n) is 10.1. The van der Waals surface area contributed by atoms with Crippen molar-refractivity contribution < 1.29 is 24.2 Å². The molecular weight excluding hydrogens is 965 g/mol. The Kier molecular flexibility index (Phi) is 26.7. The van der Waals surface area contributed by atoms with Crippen molar-refractivity contribution in [2.24, 2.45) is 11.8 Å². The van der Waals surface area contributed by atoms with Crippen LogP contribution < -0.4 is 25.8 Å².